The molecule has 2 heterocycles. The Morgan fingerprint density at radius 3 is 2.59 bits per heavy atom. The van der Waals surface area contributed by atoms with Gasteiger partial charge in [0.05, 0.1) is 0 Å². The standard InChI is InChI=1S/C28H25N5O3S/c1-18-7-12-24-23(15-18)20(16-30-24)13-14-29-26(34)19-8-10-21(11-9-19)31-27(35)28-33-32-25(37-28)17-36-22-5-3-2-4-6-22/h2-12,15-16,30H,13-14,17H2,1H3,(H,29,34)(H,31,35). The van der Waals surface area contributed by atoms with Crippen molar-refractivity contribution < 1.29 is 14.3 Å². The van der Waals surface area contributed by atoms with Crippen LogP contribution >= 0.6 is 11.3 Å². The van der Waals surface area contributed by atoms with Gasteiger partial charge in [-0.25, -0.2) is 0 Å². The van der Waals surface area contributed by atoms with Gasteiger partial charge in [0.15, 0.2) is 5.01 Å². The van der Waals surface area contributed by atoms with Crippen LogP contribution in [-0.2, 0) is 13.0 Å². The second-order valence-corrected chi connectivity index (χ2v) is 9.57. The van der Waals surface area contributed by atoms with Crippen LogP contribution in [0.3, 0.4) is 0 Å². The van der Waals surface area contributed by atoms with Crippen LogP contribution in [0.1, 0.15) is 36.3 Å². The molecule has 37 heavy (non-hydrogen) atoms. The summed E-state index contributed by atoms with van der Waals surface area (Å²) in [6, 6.07) is 22.4. The number of aromatic nitrogens is 3. The molecule has 9 heteroatoms. The number of amides is 2. The van der Waals surface area contributed by atoms with Crippen LogP contribution in [0.25, 0.3) is 10.9 Å². The van der Waals surface area contributed by atoms with Crippen LogP contribution in [0.15, 0.2) is 79.0 Å². The summed E-state index contributed by atoms with van der Waals surface area (Å²) < 4.78 is 5.65. The number of benzene rings is 3. The summed E-state index contributed by atoms with van der Waals surface area (Å²) in [5.41, 5.74) is 4.54. The molecule has 3 aromatic carbocycles. The molecule has 0 spiro atoms. The number of para-hydroxylation sites is 1. The fourth-order valence-electron chi connectivity index (χ4n) is 3.87. The van der Waals surface area contributed by atoms with E-state index in [0.29, 0.717) is 22.8 Å². The summed E-state index contributed by atoms with van der Waals surface area (Å²) in [5.74, 6) is 0.191. The van der Waals surface area contributed by atoms with Crippen molar-refractivity contribution >= 4 is 39.7 Å². The van der Waals surface area contributed by atoms with E-state index in [0.717, 1.165) is 17.7 Å². The summed E-state index contributed by atoms with van der Waals surface area (Å²) in [4.78, 5) is 28.4. The van der Waals surface area contributed by atoms with Crippen molar-refractivity contribution in [1.29, 1.82) is 0 Å². The Bertz CT molecular complexity index is 1530. The van der Waals surface area contributed by atoms with Gasteiger partial charge >= 0.3 is 0 Å². The second kappa shape index (κ2) is 11.0. The third-order valence-corrected chi connectivity index (χ3v) is 6.67. The zero-order valence-electron chi connectivity index (χ0n) is 20.2. The van der Waals surface area contributed by atoms with Crippen LogP contribution in [0.4, 0.5) is 5.69 Å². The van der Waals surface area contributed by atoms with E-state index in [1.807, 2.05) is 36.5 Å². The first kappa shape index (κ1) is 24.2. The predicted octanol–water partition coefficient (Wildman–Crippen LogP) is 5.13. The number of hydrogen-bond donors (Lipinski definition) is 3. The van der Waals surface area contributed by atoms with E-state index in [1.54, 1.807) is 24.3 Å². The number of nitrogens with zero attached hydrogens (tertiary/aromatic N) is 2. The third-order valence-electron chi connectivity index (χ3n) is 5.77. The van der Waals surface area contributed by atoms with E-state index in [4.69, 9.17) is 4.74 Å². The molecule has 8 nitrogen and oxygen atoms in total. The fraction of sp³-hybridized carbons (Fsp3) is 0.143. The number of ether oxygens (including phenoxy) is 1. The number of aryl methyl sites for hydroxylation is 1. The van der Waals surface area contributed by atoms with Crippen molar-refractivity contribution in [2.45, 2.75) is 20.0 Å². The van der Waals surface area contributed by atoms with Gasteiger partial charge in [0, 0.05) is 34.9 Å². The third kappa shape index (κ3) is 6.02. The molecule has 0 aliphatic heterocycles. The summed E-state index contributed by atoms with van der Waals surface area (Å²) >= 11 is 1.17. The van der Waals surface area contributed by atoms with Gasteiger partial charge in [0.2, 0.25) is 5.01 Å². The van der Waals surface area contributed by atoms with Gasteiger partial charge in [0.25, 0.3) is 11.8 Å². The number of carbonyl (C=O) groups is 2. The number of aromatic amines is 1. The van der Waals surface area contributed by atoms with Gasteiger partial charge in [-0.1, -0.05) is 41.2 Å². The van der Waals surface area contributed by atoms with Crippen LogP contribution < -0.4 is 15.4 Å². The molecule has 0 aliphatic carbocycles. The minimum Gasteiger partial charge on any atom is -0.486 e. The molecule has 2 aromatic heterocycles. The molecular formula is C28H25N5O3S. The molecule has 0 atom stereocenters. The Hall–Kier alpha value is -4.50. The first-order valence-electron chi connectivity index (χ1n) is 11.8. The average molecular weight is 512 g/mol. The Balaban J connectivity index is 1.11. The molecule has 0 saturated carbocycles. The van der Waals surface area contributed by atoms with Crippen molar-refractivity contribution in [2.75, 3.05) is 11.9 Å². The van der Waals surface area contributed by atoms with Crippen LogP contribution in [-0.4, -0.2) is 33.5 Å². The maximum Gasteiger partial charge on any atom is 0.286 e. The van der Waals surface area contributed by atoms with Crippen molar-refractivity contribution in [2.24, 2.45) is 0 Å². The minimum absolute atomic E-state index is 0.166. The summed E-state index contributed by atoms with van der Waals surface area (Å²) in [6.45, 7) is 2.82. The molecular weight excluding hydrogens is 486 g/mol. The number of nitrogens with one attached hydrogen (secondary N) is 3. The van der Waals surface area contributed by atoms with E-state index in [2.05, 4.69) is 50.9 Å². The maximum atomic E-state index is 12.6. The molecule has 0 saturated heterocycles. The highest BCUT2D eigenvalue weighted by Gasteiger charge is 2.14. The van der Waals surface area contributed by atoms with E-state index >= 15 is 0 Å². The number of rotatable bonds is 9. The molecule has 0 fully saturated rings. The van der Waals surface area contributed by atoms with Gasteiger partial charge in [-0.15, -0.1) is 10.2 Å². The highest BCUT2D eigenvalue weighted by molar-refractivity contribution is 7.13. The predicted molar refractivity (Wildman–Crippen MR) is 144 cm³/mol. The van der Waals surface area contributed by atoms with Crippen LogP contribution in [0.2, 0.25) is 0 Å². The summed E-state index contributed by atoms with van der Waals surface area (Å²) in [5, 5.41) is 15.8. The molecule has 186 valence electrons. The van der Waals surface area contributed by atoms with Crippen LogP contribution in [0, 0.1) is 6.92 Å². The van der Waals surface area contributed by atoms with Crippen molar-refractivity contribution in [3.8, 4) is 5.75 Å². The lowest BCUT2D eigenvalue weighted by molar-refractivity contribution is 0.0953. The Labute approximate surface area is 217 Å². The lowest BCUT2D eigenvalue weighted by Crippen LogP contribution is -2.25. The molecule has 5 aromatic rings. The maximum absolute atomic E-state index is 12.6. The van der Waals surface area contributed by atoms with Gasteiger partial charge in [-0.05, 0) is 67.4 Å². The monoisotopic (exact) mass is 511 g/mol. The van der Waals surface area contributed by atoms with E-state index in [-0.39, 0.29) is 23.4 Å². The SMILES string of the molecule is Cc1ccc2[nH]cc(CCNC(=O)c3ccc(NC(=O)c4nnc(COc5ccccc5)s4)cc3)c2c1. The van der Waals surface area contributed by atoms with Crippen LogP contribution in [0.5, 0.6) is 5.75 Å². The molecule has 2 amide bonds. The zero-order valence-corrected chi connectivity index (χ0v) is 21.0. The Kier molecular flexibility index (Phi) is 7.23. The van der Waals surface area contributed by atoms with E-state index < -0.39 is 0 Å². The Morgan fingerprint density at radius 1 is 0.973 bits per heavy atom. The molecule has 5 rings (SSSR count). The molecule has 0 radical (unpaired) electrons. The van der Waals surface area contributed by atoms with Gasteiger partial charge < -0.3 is 20.4 Å². The molecule has 3 N–H and O–H groups in total. The molecule has 0 bridgehead atoms. The largest absolute Gasteiger partial charge is 0.486 e. The van der Waals surface area contributed by atoms with E-state index in [1.165, 1.54) is 27.8 Å². The number of hydrogen-bond acceptors (Lipinski definition) is 6. The molecule has 0 aliphatic rings. The minimum atomic E-state index is -0.366. The topological polar surface area (TPSA) is 109 Å². The number of H-pyrrole nitrogens is 1. The fourth-order valence-corrected chi connectivity index (χ4v) is 4.51. The average Bonchev–Trinajstić information content (AvgIpc) is 3.56. The number of carbonyl (C=O) groups excluding carboxylic acids is 2. The quantitative estimate of drug-likeness (QED) is 0.254. The number of fused-ring (bicyclic) bond motifs is 1. The highest BCUT2D eigenvalue weighted by Crippen LogP contribution is 2.20. The Morgan fingerprint density at radius 2 is 1.78 bits per heavy atom. The van der Waals surface area contributed by atoms with Crippen molar-refractivity contribution in [3.05, 3.63) is 106 Å². The normalized spacial score (nSPS) is 10.8. The first-order valence-corrected chi connectivity index (χ1v) is 12.6. The first-order chi connectivity index (χ1) is 18.0. The van der Waals surface area contributed by atoms with Crippen molar-refractivity contribution in [1.82, 2.24) is 20.5 Å². The lowest BCUT2D eigenvalue weighted by Gasteiger charge is -2.07. The van der Waals surface area contributed by atoms with Gasteiger partial charge in [-0.3, -0.25) is 9.59 Å². The zero-order chi connectivity index (χ0) is 25.6. The smallest absolute Gasteiger partial charge is 0.286 e. The molecule has 0 unspecified atom stereocenters. The summed E-state index contributed by atoms with van der Waals surface area (Å²) in [6.07, 6.45) is 2.72. The highest BCUT2D eigenvalue weighted by atomic mass is 32.1. The van der Waals surface area contributed by atoms with Crippen molar-refractivity contribution in [3.63, 3.8) is 0 Å². The summed E-state index contributed by atoms with van der Waals surface area (Å²) in [7, 11) is 0. The number of anilines is 1. The van der Waals surface area contributed by atoms with E-state index in [9.17, 15) is 9.59 Å². The van der Waals surface area contributed by atoms with Gasteiger partial charge in [0.1, 0.15) is 12.4 Å². The second-order valence-electron chi connectivity index (χ2n) is 8.50. The van der Waals surface area contributed by atoms with Gasteiger partial charge in [-0.2, -0.15) is 0 Å². The lowest BCUT2D eigenvalue weighted by atomic mass is 10.1.